The number of fused-ring (bicyclic) bond motifs is 10. The molecule has 0 amide bonds. The van der Waals surface area contributed by atoms with Gasteiger partial charge in [-0.25, -0.2) is 9.59 Å². The SMILES string of the molecule is CCOC(=O)c1[nH]c(C(c2ccc(Br)cc2)c2[nH]c(C(=O)OCC)c3c2C2CCC3C2)c2c1C1CCC2C1. The summed E-state index contributed by atoms with van der Waals surface area (Å²) in [5.74, 6) is 1.05. The third kappa shape index (κ3) is 3.50. The van der Waals surface area contributed by atoms with Crippen molar-refractivity contribution < 1.29 is 19.1 Å². The first-order chi connectivity index (χ1) is 18.5. The molecule has 2 fully saturated rings. The maximum atomic E-state index is 13.2. The maximum absolute atomic E-state index is 13.2. The van der Waals surface area contributed by atoms with E-state index >= 15 is 0 Å². The van der Waals surface area contributed by atoms with Gasteiger partial charge in [-0.3, -0.25) is 0 Å². The average Bonchev–Trinajstić information content (AvgIpc) is 3.74. The molecule has 38 heavy (non-hydrogen) atoms. The van der Waals surface area contributed by atoms with Crippen LogP contribution in [0.2, 0.25) is 0 Å². The highest BCUT2D eigenvalue weighted by Gasteiger charge is 2.48. The van der Waals surface area contributed by atoms with Gasteiger partial charge in [0.05, 0.1) is 19.1 Å². The second kappa shape index (κ2) is 9.15. The van der Waals surface area contributed by atoms with Crippen molar-refractivity contribution in [1.82, 2.24) is 9.97 Å². The molecule has 4 aliphatic rings. The fourth-order valence-electron chi connectivity index (χ4n) is 8.15. The molecule has 1 aromatic carbocycles. The Balaban J connectivity index is 1.47. The number of carbonyl (C=O) groups is 2. The summed E-state index contributed by atoms with van der Waals surface area (Å²) >= 11 is 3.60. The van der Waals surface area contributed by atoms with Crippen LogP contribution in [0.15, 0.2) is 28.7 Å². The molecule has 3 aromatic rings. The maximum Gasteiger partial charge on any atom is 0.355 e. The summed E-state index contributed by atoms with van der Waals surface area (Å²) in [4.78, 5) is 33.6. The number of nitrogens with one attached hydrogen (secondary N) is 2. The van der Waals surface area contributed by atoms with E-state index in [1.807, 2.05) is 13.8 Å². The summed E-state index contributed by atoms with van der Waals surface area (Å²) in [5, 5.41) is 0. The molecular weight excluding hydrogens is 544 g/mol. The van der Waals surface area contributed by atoms with Gasteiger partial charge in [-0.1, -0.05) is 28.1 Å². The zero-order valence-electron chi connectivity index (χ0n) is 21.9. The summed E-state index contributed by atoms with van der Waals surface area (Å²) in [5.41, 5.74) is 9.52. The van der Waals surface area contributed by atoms with Crippen molar-refractivity contribution in [3.8, 4) is 0 Å². The van der Waals surface area contributed by atoms with Gasteiger partial charge in [-0.2, -0.15) is 0 Å². The van der Waals surface area contributed by atoms with Crippen LogP contribution < -0.4 is 0 Å². The number of halogens is 1. The van der Waals surface area contributed by atoms with Crippen molar-refractivity contribution in [3.05, 3.63) is 79.3 Å². The molecule has 6 nitrogen and oxygen atoms in total. The Morgan fingerprint density at radius 2 is 1.18 bits per heavy atom. The number of carbonyl (C=O) groups excluding carboxylic acids is 2. The van der Waals surface area contributed by atoms with Gasteiger partial charge in [0.1, 0.15) is 11.4 Å². The minimum Gasteiger partial charge on any atom is -0.461 e. The molecular formula is C31H33BrN2O4. The molecule has 7 heteroatoms. The van der Waals surface area contributed by atoms with Gasteiger partial charge in [0.2, 0.25) is 0 Å². The largest absolute Gasteiger partial charge is 0.461 e. The molecule has 0 saturated heterocycles. The predicted octanol–water partition coefficient (Wildman–Crippen LogP) is 7.37. The smallest absolute Gasteiger partial charge is 0.355 e. The molecule has 0 aliphatic heterocycles. The number of H-pyrrole nitrogens is 2. The summed E-state index contributed by atoms with van der Waals surface area (Å²) in [6, 6.07) is 8.46. The van der Waals surface area contributed by atoms with E-state index < -0.39 is 0 Å². The molecule has 0 spiro atoms. The zero-order valence-corrected chi connectivity index (χ0v) is 23.4. The van der Waals surface area contributed by atoms with Gasteiger partial charge in [0, 0.05) is 15.9 Å². The quantitative estimate of drug-likeness (QED) is 0.287. The number of ether oxygens (including phenoxy) is 2. The molecule has 2 aromatic heterocycles. The molecule has 2 saturated carbocycles. The average molecular weight is 578 g/mol. The monoisotopic (exact) mass is 576 g/mol. The summed E-state index contributed by atoms with van der Waals surface area (Å²) in [7, 11) is 0. The normalized spacial score (nSPS) is 24.9. The lowest BCUT2D eigenvalue weighted by Crippen LogP contribution is -2.12. The van der Waals surface area contributed by atoms with Crippen molar-refractivity contribution in [2.45, 2.75) is 82.0 Å². The lowest BCUT2D eigenvalue weighted by Gasteiger charge is -2.23. The second-order valence-corrected chi connectivity index (χ2v) is 12.2. The zero-order chi connectivity index (χ0) is 26.1. The molecule has 4 bridgehead atoms. The van der Waals surface area contributed by atoms with Crippen LogP contribution in [0.3, 0.4) is 0 Å². The Bertz CT molecular complexity index is 1350. The number of aromatic amines is 2. The first-order valence-electron chi connectivity index (χ1n) is 14.1. The van der Waals surface area contributed by atoms with Crippen LogP contribution in [0, 0.1) is 0 Å². The van der Waals surface area contributed by atoms with E-state index in [1.165, 1.54) is 22.3 Å². The van der Waals surface area contributed by atoms with Crippen LogP contribution >= 0.6 is 15.9 Å². The second-order valence-electron chi connectivity index (χ2n) is 11.3. The molecule has 4 aliphatic carbocycles. The van der Waals surface area contributed by atoms with Gasteiger partial charge in [-0.05, 0) is 116 Å². The molecule has 2 heterocycles. The molecule has 4 unspecified atom stereocenters. The van der Waals surface area contributed by atoms with E-state index in [0.29, 0.717) is 48.3 Å². The Morgan fingerprint density at radius 3 is 1.61 bits per heavy atom. The van der Waals surface area contributed by atoms with Crippen LogP contribution in [0.4, 0.5) is 0 Å². The predicted molar refractivity (Wildman–Crippen MR) is 147 cm³/mol. The highest BCUT2D eigenvalue weighted by Crippen LogP contribution is 2.60. The first kappa shape index (κ1) is 24.3. The molecule has 198 valence electrons. The van der Waals surface area contributed by atoms with Crippen LogP contribution in [-0.2, 0) is 9.47 Å². The van der Waals surface area contributed by atoms with Crippen molar-refractivity contribution in [1.29, 1.82) is 0 Å². The fourth-order valence-corrected chi connectivity index (χ4v) is 8.42. The lowest BCUT2D eigenvalue weighted by atomic mass is 9.81. The Hall–Kier alpha value is -2.80. The van der Waals surface area contributed by atoms with Crippen molar-refractivity contribution in [2.75, 3.05) is 13.2 Å². The summed E-state index contributed by atoms with van der Waals surface area (Å²) < 4.78 is 12.0. The van der Waals surface area contributed by atoms with Gasteiger partial charge in [0.25, 0.3) is 0 Å². The Morgan fingerprint density at radius 1 is 0.763 bits per heavy atom. The van der Waals surface area contributed by atoms with Crippen molar-refractivity contribution >= 4 is 27.9 Å². The third-order valence-electron chi connectivity index (χ3n) is 9.46. The number of hydrogen-bond acceptors (Lipinski definition) is 4. The summed E-state index contributed by atoms with van der Waals surface area (Å²) in [6.45, 7) is 4.41. The van der Waals surface area contributed by atoms with Gasteiger partial charge < -0.3 is 19.4 Å². The molecule has 0 radical (unpaired) electrons. The van der Waals surface area contributed by atoms with Crippen LogP contribution in [-0.4, -0.2) is 35.1 Å². The van der Waals surface area contributed by atoms with Crippen molar-refractivity contribution in [3.63, 3.8) is 0 Å². The van der Waals surface area contributed by atoms with E-state index in [0.717, 1.165) is 59.9 Å². The van der Waals surface area contributed by atoms with Gasteiger partial charge in [0.15, 0.2) is 0 Å². The number of aromatic nitrogens is 2. The van der Waals surface area contributed by atoms with E-state index in [4.69, 9.17) is 9.47 Å². The van der Waals surface area contributed by atoms with Crippen molar-refractivity contribution in [2.24, 2.45) is 0 Å². The Kier molecular flexibility index (Phi) is 5.84. The van der Waals surface area contributed by atoms with E-state index in [1.54, 1.807) is 0 Å². The molecule has 7 rings (SSSR count). The number of hydrogen-bond donors (Lipinski definition) is 2. The molecule has 2 N–H and O–H groups in total. The van der Waals surface area contributed by atoms with E-state index in [-0.39, 0.29) is 17.9 Å². The minimum absolute atomic E-state index is 0.143. The van der Waals surface area contributed by atoms with Crippen LogP contribution in [0.5, 0.6) is 0 Å². The van der Waals surface area contributed by atoms with Crippen LogP contribution in [0.25, 0.3) is 0 Å². The summed E-state index contributed by atoms with van der Waals surface area (Å²) in [6.07, 6.45) is 6.76. The Labute approximate surface area is 231 Å². The lowest BCUT2D eigenvalue weighted by molar-refractivity contribution is 0.0509. The first-order valence-corrected chi connectivity index (χ1v) is 14.9. The minimum atomic E-state index is -0.264. The number of esters is 2. The van der Waals surface area contributed by atoms with Gasteiger partial charge in [-0.15, -0.1) is 0 Å². The fraction of sp³-hybridized carbons (Fsp3) is 0.484. The molecule has 4 atom stereocenters. The highest BCUT2D eigenvalue weighted by atomic mass is 79.9. The number of rotatable bonds is 7. The van der Waals surface area contributed by atoms with E-state index in [9.17, 15) is 9.59 Å². The van der Waals surface area contributed by atoms with Gasteiger partial charge >= 0.3 is 11.9 Å². The van der Waals surface area contributed by atoms with Crippen LogP contribution in [0.1, 0.15) is 142 Å². The third-order valence-corrected chi connectivity index (χ3v) is 9.99. The standard InChI is InChI=1S/C31H33BrN2O4/c1-3-37-30(35)28-23-18-7-5-16(13-18)21(23)26(33-28)25(15-9-11-20(32)12-10-15)27-22-17-6-8-19(14-17)24(22)29(34-27)31(36)38-4-2/h9-12,16-19,25,33-34H,3-8,13-14H2,1-2H3. The highest BCUT2D eigenvalue weighted by molar-refractivity contribution is 9.10. The number of benzene rings is 1. The van der Waals surface area contributed by atoms with E-state index in [2.05, 4.69) is 50.2 Å². The topological polar surface area (TPSA) is 84.2 Å².